The molecule has 96 valence electrons. The fourth-order valence-electron chi connectivity index (χ4n) is 1.90. The van der Waals surface area contributed by atoms with E-state index in [0.717, 1.165) is 17.7 Å². The summed E-state index contributed by atoms with van der Waals surface area (Å²) in [6.45, 7) is 1.93. The summed E-state index contributed by atoms with van der Waals surface area (Å²) in [6.07, 6.45) is 0. The van der Waals surface area contributed by atoms with Crippen LogP contribution in [0.4, 0.5) is 14.5 Å². The van der Waals surface area contributed by atoms with Gasteiger partial charge in [-0.25, -0.2) is 13.8 Å². The molecule has 1 aromatic heterocycles. The number of hydrogen-bond acceptors (Lipinski definition) is 3. The second-order valence-corrected chi connectivity index (χ2v) is 4.34. The van der Waals surface area contributed by atoms with Gasteiger partial charge in [-0.05, 0) is 30.7 Å². The van der Waals surface area contributed by atoms with Gasteiger partial charge in [0.15, 0.2) is 17.2 Å². The highest BCUT2D eigenvalue weighted by atomic mass is 19.2. The van der Waals surface area contributed by atoms with Gasteiger partial charge in [0, 0.05) is 11.8 Å². The number of rotatable bonds is 1. The van der Waals surface area contributed by atoms with Crippen molar-refractivity contribution in [3.63, 3.8) is 0 Å². The van der Waals surface area contributed by atoms with Crippen LogP contribution in [0.2, 0.25) is 0 Å². The van der Waals surface area contributed by atoms with E-state index in [2.05, 4.69) is 4.98 Å². The van der Waals surface area contributed by atoms with Gasteiger partial charge in [-0.3, -0.25) is 0 Å². The van der Waals surface area contributed by atoms with Crippen molar-refractivity contribution in [2.45, 2.75) is 6.92 Å². The van der Waals surface area contributed by atoms with Crippen LogP contribution in [0.3, 0.4) is 0 Å². The van der Waals surface area contributed by atoms with E-state index in [-0.39, 0.29) is 17.1 Å². The molecule has 0 bridgehead atoms. The Morgan fingerprint density at radius 3 is 2.63 bits per heavy atom. The van der Waals surface area contributed by atoms with Crippen molar-refractivity contribution in [1.29, 1.82) is 0 Å². The van der Waals surface area contributed by atoms with E-state index in [0.29, 0.717) is 11.1 Å². The zero-order valence-corrected chi connectivity index (χ0v) is 10.1. The number of nitrogens with zero attached hydrogens (tertiary/aromatic N) is 1. The maximum Gasteiger partial charge on any atom is 0.229 e. The molecule has 1 heterocycles. The molecule has 0 spiro atoms. The maximum atomic E-state index is 13.3. The minimum absolute atomic E-state index is 0.0854. The Balaban J connectivity index is 2.21. The van der Waals surface area contributed by atoms with E-state index in [9.17, 15) is 8.78 Å². The number of hydrogen-bond donors (Lipinski definition) is 1. The van der Waals surface area contributed by atoms with Crippen LogP contribution in [-0.2, 0) is 0 Å². The van der Waals surface area contributed by atoms with Crippen LogP contribution >= 0.6 is 0 Å². The minimum Gasteiger partial charge on any atom is -0.436 e. The van der Waals surface area contributed by atoms with Gasteiger partial charge in [-0.15, -0.1) is 0 Å². The average molecular weight is 260 g/mol. The first-order valence-electron chi connectivity index (χ1n) is 5.66. The lowest BCUT2D eigenvalue weighted by Crippen LogP contribution is -1.94. The van der Waals surface area contributed by atoms with E-state index in [4.69, 9.17) is 10.2 Å². The van der Waals surface area contributed by atoms with E-state index in [1.54, 1.807) is 6.07 Å². The number of anilines is 1. The van der Waals surface area contributed by atoms with Crippen LogP contribution in [0.15, 0.2) is 34.7 Å². The van der Waals surface area contributed by atoms with E-state index >= 15 is 0 Å². The summed E-state index contributed by atoms with van der Waals surface area (Å²) in [5, 5.41) is 0. The van der Waals surface area contributed by atoms with E-state index in [1.165, 1.54) is 0 Å². The molecule has 5 heteroatoms. The number of aryl methyl sites for hydroxylation is 1. The molecular formula is C14H10F2N2O. The Morgan fingerprint density at radius 1 is 1.11 bits per heavy atom. The Bertz CT molecular complexity index is 780. The third kappa shape index (κ3) is 1.93. The molecule has 0 unspecified atom stereocenters. The molecule has 3 rings (SSSR count). The van der Waals surface area contributed by atoms with Crippen molar-refractivity contribution >= 4 is 16.8 Å². The monoisotopic (exact) mass is 260 g/mol. The molecule has 19 heavy (non-hydrogen) atoms. The summed E-state index contributed by atoms with van der Waals surface area (Å²) in [4.78, 5) is 4.24. The van der Waals surface area contributed by atoms with Crippen LogP contribution in [0.1, 0.15) is 5.56 Å². The van der Waals surface area contributed by atoms with E-state index in [1.807, 2.05) is 19.1 Å². The van der Waals surface area contributed by atoms with Crippen molar-refractivity contribution in [3.05, 3.63) is 47.5 Å². The molecular weight excluding hydrogens is 250 g/mol. The highest BCUT2D eigenvalue weighted by Crippen LogP contribution is 2.30. The number of nitrogens with two attached hydrogens (primary N) is 1. The first-order chi connectivity index (χ1) is 9.04. The molecule has 0 aliphatic heterocycles. The van der Waals surface area contributed by atoms with Crippen molar-refractivity contribution in [1.82, 2.24) is 4.98 Å². The van der Waals surface area contributed by atoms with Crippen molar-refractivity contribution in [3.8, 4) is 11.5 Å². The molecule has 0 atom stereocenters. The number of fused-ring (bicyclic) bond motifs is 1. The first kappa shape index (κ1) is 11.6. The lowest BCUT2D eigenvalue weighted by molar-refractivity contribution is 0.508. The third-order valence-electron chi connectivity index (χ3n) is 2.87. The summed E-state index contributed by atoms with van der Waals surface area (Å²) in [6, 6.07) is 7.41. The maximum absolute atomic E-state index is 13.3. The quantitative estimate of drug-likeness (QED) is 0.679. The first-order valence-corrected chi connectivity index (χ1v) is 5.66. The molecule has 0 aliphatic carbocycles. The summed E-state index contributed by atoms with van der Waals surface area (Å²) < 4.78 is 31.8. The number of benzene rings is 2. The fourth-order valence-corrected chi connectivity index (χ4v) is 1.90. The standard InChI is InChI=1S/C14H10F2N2O/c1-7-2-3-13-12(4-7)18-14(19-13)8-5-9(15)10(16)6-11(8)17/h2-6H,17H2,1H3. The van der Waals surface area contributed by atoms with Crippen LogP contribution in [0, 0.1) is 18.6 Å². The van der Waals surface area contributed by atoms with Crippen molar-refractivity contribution in [2.24, 2.45) is 0 Å². The van der Waals surface area contributed by atoms with Gasteiger partial charge in [0.05, 0.1) is 5.56 Å². The molecule has 0 fully saturated rings. The van der Waals surface area contributed by atoms with Gasteiger partial charge in [-0.2, -0.15) is 0 Å². The molecule has 0 aliphatic rings. The van der Waals surface area contributed by atoms with Gasteiger partial charge < -0.3 is 10.2 Å². The molecule has 0 saturated heterocycles. The van der Waals surface area contributed by atoms with Crippen LogP contribution < -0.4 is 5.73 Å². The average Bonchev–Trinajstić information content (AvgIpc) is 2.76. The van der Waals surface area contributed by atoms with Gasteiger partial charge in [0.2, 0.25) is 5.89 Å². The summed E-state index contributed by atoms with van der Waals surface area (Å²) in [7, 11) is 0. The van der Waals surface area contributed by atoms with Crippen molar-refractivity contribution in [2.75, 3.05) is 5.73 Å². The topological polar surface area (TPSA) is 52.0 Å². The van der Waals surface area contributed by atoms with Crippen LogP contribution in [0.5, 0.6) is 0 Å². The Morgan fingerprint density at radius 2 is 1.84 bits per heavy atom. The zero-order valence-electron chi connectivity index (χ0n) is 10.1. The normalized spacial score (nSPS) is 11.1. The van der Waals surface area contributed by atoms with Gasteiger partial charge >= 0.3 is 0 Å². The largest absolute Gasteiger partial charge is 0.436 e. The highest BCUT2D eigenvalue weighted by molar-refractivity contribution is 5.80. The van der Waals surface area contributed by atoms with Crippen LogP contribution in [-0.4, -0.2) is 4.98 Å². The lowest BCUT2D eigenvalue weighted by atomic mass is 10.1. The number of aromatic nitrogens is 1. The number of oxazole rings is 1. The molecule has 2 aromatic carbocycles. The van der Waals surface area contributed by atoms with Gasteiger partial charge in [0.1, 0.15) is 5.52 Å². The minimum atomic E-state index is -0.992. The summed E-state index contributed by atoms with van der Waals surface area (Å²) in [5.41, 5.74) is 8.25. The molecule has 0 radical (unpaired) electrons. The second kappa shape index (κ2) is 4.05. The summed E-state index contributed by atoms with van der Waals surface area (Å²) >= 11 is 0. The third-order valence-corrected chi connectivity index (χ3v) is 2.87. The Kier molecular flexibility index (Phi) is 2.48. The zero-order chi connectivity index (χ0) is 13.6. The predicted octanol–water partition coefficient (Wildman–Crippen LogP) is 3.66. The Labute approximate surface area is 107 Å². The van der Waals surface area contributed by atoms with Crippen molar-refractivity contribution < 1.29 is 13.2 Å². The Hall–Kier alpha value is -2.43. The van der Waals surface area contributed by atoms with Crippen LogP contribution in [0.25, 0.3) is 22.6 Å². The molecule has 2 N–H and O–H groups in total. The fraction of sp³-hybridized carbons (Fsp3) is 0.0714. The number of nitrogen functional groups attached to an aromatic ring is 1. The van der Waals surface area contributed by atoms with Gasteiger partial charge in [-0.1, -0.05) is 6.07 Å². The highest BCUT2D eigenvalue weighted by Gasteiger charge is 2.14. The summed E-state index contributed by atoms with van der Waals surface area (Å²) in [5.74, 6) is -1.80. The molecule has 0 saturated carbocycles. The lowest BCUT2D eigenvalue weighted by Gasteiger charge is -2.01. The second-order valence-electron chi connectivity index (χ2n) is 4.34. The smallest absolute Gasteiger partial charge is 0.229 e. The SMILES string of the molecule is Cc1ccc2oc(-c3cc(F)c(F)cc3N)nc2c1. The number of halogens is 2. The molecule has 0 amide bonds. The molecule has 3 aromatic rings. The van der Waals surface area contributed by atoms with Gasteiger partial charge in [0.25, 0.3) is 0 Å². The molecule has 3 nitrogen and oxygen atoms in total. The van der Waals surface area contributed by atoms with E-state index < -0.39 is 11.6 Å². The predicted molar refractivity (Wildman–Crippen MR) is 68.5 cm³/mol.